The second-order valence-corrected chi connectivity index (χ2v) is 11.7. The van der Waals surface area contributed by atoms with Crippen LogP contribution in [-0.2, 0) is 19.9 Å². The zero-order valence-electron chi connectivity index (χ0n) is 16.1. The van der Waals surface area contributed by atoms with Crippen molar-refractivity contribution in [1.82, 2.24) is 4.31 Å². The van der Waals surface area contributed by atoms with E-state index in [2.05, 4.69) is 0 Å². The fraction of sp³-hybridized carbons (Fsp3) is 0.667. The maximum absolute atomic E-state index is 13.0. The second-order valence-electron chi connectivity index (χ2n) is 7.42. The van der Waals surface area contributed by atoms with Gasteiger partial charge in [0.2, 0.25) is 10.0 Å². The first-order valence-corrected chi connectivity index (χ1v) is 12.0. The van der Waals surface area contributed by atoms with Crippen molar-refractivity contribution in [1.29, 1.82) is 0 Å². The normalized spacial score (nSPS) is 17.6. The molecule has 0 radical (unpaired) electrons. The minimum atomic E-state index is -3.64. The highest BCUT2D eigenvalue weighted by Gasteiger charge is 2.35. The molecule has 26 heavy (non-hydrogen) atoms. The number of piperidine rings is 1. The van der Waals surface area contributed by atoms with Gasteiger partial charge in [0.05, 0.1) is 23.0 Å². The van der Waals surface area contributed by atoms with Crippen LogP contribution < -0.4 is 4.74 Å². The number of benzene rings is 1. The predicted molar refractivity (Wildman–Crippen MR) is 103 cm³/mol. The molecule has 1 heterocycles. The summed E-state index contributed by atoms with van der Waals surface area (Å²) >= 11 is 0. The van der Waals surface area contributed by atoms with Gasteiger partial charge >= 0.3 is 0 Å². The van der Waals surface area contributed by atoms with Crippen LogP contribution in [0.1, 0.15) is 37.8 Å². The molecule has 0 aliphatic carbocycles. The summed E-state index contributed by atoms with van der Waals surface area (Å²) in [6.07, 6.45) is 0.699. The lowest BCUT2D eigenvalue weighted by Gasteiger charge is -2.31. The second kappa shape index (κ2) is 7.86. The summed E-state index contributed by atoms with van der Waals surface area (Å²) in [5, 5.41) is -0.448. The third-order valence-electron chi connectivity index (χ3n) is 4.75. The standard InChI is InChI=1S/C18H29NO5S2/c1-13(2)12-25(20,21)16-6-8-19(9-7-16)26(22,23)17-10-14(3)18(24-5)15(4)11-17/h10-11,13,16H,6-9,12H2,1-5H3. The van der Waals surface area contributed by atoms with E-state index < -0.39 is 25.1 Å². The number of rotatable bonds is 6. The van der Waals surface area contributed by atoms with Gasteiger partial charge in [0, 0.05) is 13.1 Å². The zero-order chi connectivity index (χ0) is 19.7. The lowest BCUT2D eigenvalue weighted by Crippen LogP contribution is -2.43. The highest BCUT2D eigenvalue weighted by Crippen LogP contribution is 2.30. The van der Waals surface area contributed by atoms with Crippen LogP contribution >= 0.6 is 0 Å². The number of ether oxygens (including phenoxy) is 1. The number of hydrogen-bond acceptors (Lipinski definition) is 5. The van der Waals surface area contributed by atoms with E-state index in [1.54, 1.807) is 19.2 Å². The number of sulfonamides is 1. The Morgan fingerprint density at radius 3 is 2.00 bits per heavy atom. The molecule has 2 rings (SSSR count). The van der Waals surface area contributed by atoms with Gasteiger partial charge in [-0.1, -0.05) is 13.8 Å². The lowest BCUT2D eigenvalue weighted by atomic mass is 10.1. The summed E-state index contributed by atoms with van der Waals surface area (Å²) < 4.78 is 57.4. The predicted octanol–water partition coefficient (Wildman–Crippen LogP) is 2.54. The molecule has 0 amide bonds. The maximum Gasteiger partial charge on any atom is 0.243 e. The molecule has 0 aromatic heterocycles. The fourth-order valence-electron chi connectivity index (χ4n) is 3.56. The van der Waals surface area contributed by atoms with Crippen molar-refractivity contribution in [3.8, 4) is 5.75 Å². The van der Waals surface area contributed by atoms with E-state index in [1.807, 2.05) is 27.7 Å². The van der Waals surface area contributed by atoms with E-state index in [4.69, 9.17) is 4.74 Å². The third kappa shape index (κ3) is 4.40. The number of methoxy groups -OCH3 is 1. The van der Waals surface area contributed by atoms with Crippen molar-refractivity contribution in [3.05, 3.63) is 23.3 Å². The molecule has 1 fully saturated rings. The van der Waals surface area contributed by atoms with Crippen LogP contribution in [0.15, 0.2) is 17.0 Å². The molecule has 6 nitrogen and oxygen atoms in total. The third-order valence-corrected chi connectivity index (χ3v) is 9.25. The summed E-state index contributed by atoms with van der Waals surface area (Å²) in [7, 11) is -5.26. The molecule has 0 atom stereocenters. The molecule has 0 bridgehead atoms. The Labute approximate surface area is 157 Å². The average Bonchev–Trinajstić information content (AvgIpc) is 2.53. The minimum absolute atomic E-state index is 0.0759. The van der Waals surface area contributed by atoms with Crippen molar-refractivity contribution in [2.75, 3.05) is 26.0 Å². The quantitative estimate of drug-likeness (QED) is 0.729. The number of sulfone groups is 1. The van der Waals surface area contributed by atoms with E-state index in [9.17, 15) is 16.8 Å². The highest BCUT2D eigenvalue weighted by molar-refractivity contribution is 7.92. The van der Waals surface area contributed by atoms with Crippen molar-refractivity contribution in [2.24, 2.45) is 5.92 Å². The topological polar surface area (TPSA) is 80.8 Å². The van der Waals surface area contributed by atoms with Crippen LogP contribution in [-0.4, -0.2) is 52.3 Å². The lowest BCUT2D eigenvalue weighted by molar-refractivity contribution is 0.345. The average molecular weight is 404 g/mol. The molecule has 1 aromatic carbocycles. The summed E-state index contributed by atoms with van der Waals surface area (Å²) in [5.74, 6) is 0.913. The Bertz CT molecular complexity index is 829. The Morgan fingerprint density at radius 1 is 1.08 bits per heavy atom. The molecule has 0 saturated carbocycles. The van der Waals surface area contributed by atoms with Gasteiger partial charge in [-0.25, -0.2) is 16.8 Å². The largest absolute Gasteiger partial charge is 0.496 e. The van der Waals surface area contributed by atoms with Gasteiger partial charge in [0.15, 0.2) is 9.84 Å². The van der Waals surface area contributed by atoms with Crippen molar-refractivity contribution < 1.29 is 21.6 Å². The van der Waals surface area contributed by atoms with Crippen molar-refractivity contribution >= 4 is 19.9 Å². The SMILES string of the molecule is COc1c(C)cc(S(=O)(=O)N2CCC(S(=O)(=O)CC(C)C)CC2)cc1C. The summed E-state index contributed by atoms with van der Waals surface area (Å²) in [6.45, 7) is 7.85. The van der Waals surface area contributed by atoms with Gasteiger partial charge < -0.3 is 4.74 Å². The first-order chi connectivity index (χ1) is 12.0. The first-order valence-electron chi connectivity index (χ1n) is 8.86. The van der Waals surface area contributed by atoms with E-state index >= 15 is 0 Å². The molecule has 148 valence electrons. The van der Waals surface area contributed by atoms with Crippen LogP contribution in [0.4, 0.5) is 0 Å². The smallest absolute Gasteiger partial charge is 0.243 e. The van der Waals surface area contributed by atoms with Gasteiger partial charge in [0.25, 0.3) is 0 Å². The van der Waals surface area contributed by atoms with Crippen LogP contribution in [0.25, 0.3) is 0 Å². The van der Waals surface area contributed by atoms with Crippen LogP contribution in [0, 0.1) is 19.8 Å². The Balaban J connectivity index is 2.18. The van der Waals surface area contributed by atoms with Crippen LogP contribution in [0.5, 0.6) is 5.75 Å². The molecule has 0 N–H and O–H groups in total. The molecular weight excluding hydrogens is 374 g/mol. The molecule has 1 aliphatic heterocycles. The van der Waals surface area contributed by atoms with Crippen LogP contribution in [0.3, 0.4) is 0 Å². The molecule has 0 spiro atoms. The van der Waals surface area contributed by atoms with Gasteiger partial charge in [-0.15, -0.1) is 0 Å². The van der Waals surface area contributed by atoms with Crippen molar-refractivity contribution in [2.45, 2.75) is 50.7 Å². The summed E-state index contributed by atoms with van der Waals surface area (Å²) in [4.78, 5) is 0.233. The van der Waals surface area contributed by atoms with Gasteiger partial charge in [-0.2, -0.15) is 4.31 Å². The monoisotopic (exact) mass is 403 g/mol. The summed E-state index contributed by atoms with van der Waals surface area (Å²) in [6, 6.07) is 3.23. The number of aryl methyl sites for hydroxylation is 2. The highest BCUT2D eigenvalue weighted by atomic mass is 32.2. The fourth-order valence-corrected chi connectivity index (χ4v) is 7.33. The Hall–Kier alpha value is -1.12. The molecule has 0 unspecified atom stereocenters. The van der Waals surface area contributed by atoms with E-state index in [0.717, 1.165) is 11.1 Å². The number of nitrogens with zero attached hydrogens (tertiary/aromatic N) is 1. The molecule has 8 heteroatoms. The molecule has 1 aliphatic rings. The zero-order valence-corrected chi connectivity index (χ0v) is 17.8. The first kappa shape index (κ1) is 21.2. The van der Waals surface area contributed by atoms with Gasteiger partial charge in [-0.05, 0) is 55.9 Å². The van der Waals surface area contributed by atoms with Gasteiger partial charge in [0.1, 0.15) is 5.75 Å². The number of hydrogen-bond donors (Lipinski definition) is 0. The van der Waals surface area contributed by atoms with E-state index in [0.29, 0.717) is 18.6 Å². The maximum atomic E-state index is 13.0. The van der Waals surface area contributed by atoms with E-state index in [-0.39, 0.29) is 29.7 Å². The Kier molecular flexibility index (Phi) is 6.40. The summed E-state index contributed by atoms with van der Waals surface area (Å²) in [5.41, 5.74) is 1.53. The van der Waals surface area contributed by atoms with Crippen molar-refractivity contribution in [3.63, 3.8) is 0 Å². The minimum Gasteiger partial charge on any atom is -0.496 e. The molecule has 1 saturated heterocycles. The molecule has 1 aromatic rings. The van der Waals surface area contributed by atoms with Crippen LogP contribution in [0.2, 0.25) is 0 Å². The molecular formula is C18H29NO5S2. The van der Waals surface area contributed by atoms with E-state index in [1.165, 1.54) is 4.31 Å². The Morgan fingerprint density at radius 2 is 1.58 bits per heavy atom. The van der Waals surface area contributed by atoms with Gasteiger partial charge in [-0.3, -0.25) is 0 Å².